The van der Waals surface area contributed by atoms with E-state index in [1.165, 1.54) is 5.57 Å². The van der Waals surface area contributed by atoms with Gasteiger partial charge < -0.3 is 15.5 Å². The van der Waals surface area contributed by atoms with Crippen LogP contribution >= 0.6 is 0 Å². The number of piperidine rings is 1. The Kier molecular flexibility index (Phi) is 4.42. The number of nitrogens with one attached hydrogen (secondary N) is 2. The molecule has 0 bridgehead atoms. The van der Waals surface area contributed by atoms with E-state index < -0.39 is 0 Å². The van der Waals surface area contributed by atoms with E-state index in [-0.39, 0.29) is 6.03 Å². The van der Waals surface area contributed by atoms with Crippen molar-refractivity contribution in [2.24, 2.45) is 0 Å². The van der Waals surface area contributed by atoms with Gasteiger partial charge in [0.1, 0.15) is 0 Å². The number of carbonyl (C=O) groups excluding carboxylic acids is 1. The number of carbonyl (C=O) groups is 1. The predicted molar refractivity (Wildman–Crippen MR) is 73.3 cm³/mol. The van der Waals surface area contributed by atoms with E-state index in [1.807, 2.05) is 24.8 Å². The lowest BCUT2D eigenvalue weighted by Gasteiger charge is -2.33. The first-order valence-corrected chi connectivity index (χ1v) is 6.86. The van der Waals surface area contributed by atoms with E-state index in [0.29, 0.717) is 6.04 Å². The quantitative estimate of drug-likeness (QED) is 0.746. The first-order chi connectivity index (χ1) is 8.76. The first kappa shape index (κ1) is 13.1. The van der Waals surface area contributed by atoms with E-state index in [4.69, 9.17) is 0 Å². The highest BCUT2D eigenvalue weighted by Crippen LogP contribution is 2.21. The second-order valence-electron chi connectivity index (χ2n) is 4.87. The molecule has 18 heavy (non-hydrogen) atoms. The summed E-state index contributed by atoms with van der Waals surface area (Å²) in [7, 11) is 0. The zero-order chi connectivity index (χ0) is 13.0. The SMILES string of the molecule is C/C=C1/CCN(C2CCNCC2)C(=O)N/C1=C/C. The molecular formula is C14H23N3O. The van der Waals surface area contributed by atoms with Gasteiger partial charge in [0.05, 0.1) is 0 Å². The Hall–Kier alpha value is -1.29. The Morgan fingerprint density at radius 3 is 2.56 bits per heavy atom. The minimum absolute atomic E-state index is 0.0619. The molecule has 0 aromatic heterocycles. The van der Waals surface area contributed by atoms with Gasteiger partial charge in [-0.05, 0) is 51.8 Å². The largest absolute Gasteiger partial charge is 0.322 e. The summed E-state index contributed by atoms with van der Waals surface area (Å²) in [5, 5.41) is 6.38. The van der Waals surface area contributed by atoms with Crippen molar-refractivity contribution in [1.82, 2.24) is 15.5 Å². The monoisotopic (exact) mass is 249 g/mol. The van der Waals surface area contributed by atoms with Gasteiger partial charge in [-0.1, -0.05) is 12.2 Å². The van der Waals surface area contributed by atoms with E-state index in [1.54, 1.807) is 0 Å². The van der Waals surface area contributed by atoms with Crippen molar-refractivity contribution >= 4 is 6.03 Å². The molecule has 2 heterocycles. The van der Waals surface area contributed by atoms with Crippen LogP contribution in [-0.4, -0.2) is 36.6 Å². The van der Waals surface area contributed by atoms with E-state index in [0.717, 1.165) is 44.6 Å². The molecule has 2 aliphatic heterocycles. The average molecular weight is 249 g/mol. The van der Waals surface area contributed by atoms with Crippen molar-refractivity contribution in [2.75, 3.05) is 19.6 Å². The van der Waals surface area contributed by atoms with Gasteiger partial charge in [0.25, 0.3) is 0 Å². The summed E-state index contributed by atoms with van der Waals surface area (Å²) in [6.07, 6.45) is 7.15. The zero-order valence-electron chi connectivity index (χ0n) is 11.3. The van der Waals surface area contributed by atoms with Crippen LogP contribution in [0.3, 0.4) is 0 Å². The van der Waals surface area contributed by atoms with Crippen LogP contribution in [0.4, 0.5) is 4.79 Å². The molecule has 0 atom stereocenters. The van der Waals surface area contributed by atoms with Crippen molar-refractivity contribution in [3.63, 3.8) is 0 Å². The fraction of sp³-hybridized carbons (Fsp3) is 0.643. The molecule has 2 N–H and O–H groups in total. The molecule has 100 valence electrons. The summed E-state index contributed by atoms with van der Waals surface area (Å²) >= 11 is 0. The van der Waals surface area contributed by atoms with Crippen molar-refractivity contribution in [3.05, 3.63) is 23.4 Å². The van der Waals surface area contributed by atoms with Gasteiger partial charge in [-0.3, -0.25) is 0 Å². The molecule has 2 saturated heterocycles. The second-order valence-corrected chi connectivity index (χ2v) is 4.87. The standard InChI is InChI=1S/C14H23N3O/c1-3-11-7-10-17(12-5-8-15-9-6-12)14(18)16-13(11)4-2/h3-4,12,15H,5-10H2,1-2H3,(H,16,18)/b11-3-,13-4+. The van der Waals surface area contributed by atoms with Crippen LogP contribution in [0, 0.1) is 0 Å². The number of hydrogen-bond acceptors (Lipinski definition) is 2. The molecular weight excluding hydrogens is 226 g/mol. The zero-order valence-corrected chi connectivity index (χ0v) is 11.3. The third-order valence-electron chi connectivity index (χ3n) is 3.86. The Balaban J connectivity index is 2.12. The minimum atomic E-state index is 0.0619. The predicted octanol–water partition coefficient (Wildman–Crippen LogP) is 2.00. The molecule has 0 unspecified atom stereocenters. The summed E-state index contributed by atoms with van der Waals surface area (Å²) in [5.74, 6) is 0. The minimum Gasteiger partial charge on any atom is -0.321 e. The Morgan fingerprint density at radius 1 is 1.22 bits per heavy atom. The third kappa shape index (κ3) is 2.75. The maximum Gasteiger partial charge on any atom is 0.322 e. The Labute approximate surface area is 109 Å². The summed E-state index contributed by atoms with van der Waals surface area (Å²) in [6.45, 7) is 6.86. The summed E-state index contributed by atoms with van der Waals surface area (Å²) < 4.78 is 0. The molecule has 2 fully saturated rings. The summed E-state index contributed by atoms with van der Waals surface area (Å²) in [4.78, 5) is 14.3. The van der Waals surface area contributed by atoms with Gasteiger partial charge in [-0.2, -0.15) is 0 Å². The number of rotatable bonds is 1. The fourth-order valence-electron chi connectivity index (χ4n) is 2.77. The van der Waals surface area contributed by atoms with Gasteiger partial charge in [0, 0.05) is 18.3 Å². The fourth-order valence-corrected chi connectivity index (χ4v) is 2.77. The van der Waals surface area contributed by atoms with Gasteiger partial charge in [0.2, 0.25) is 0 Å². The maximum atomic E-state index is 12.3. The molecule has 4 heteroatoms. The molecule has 0 spiro atoms. The van der Waals surface area contributed by atoms with Gasteiger partial charge in [0.15, 0.2) is 0 Å². The third-order valence-corrected chi connectivity index (χ3v) is 3.86. The molecule has 0 aliphatic carbocycles. The van der Waals surface area contributed by atoms with Crippen LogP contribution in [0.5, 0.6) is 0 Å². The van der Waals surface area contributed by atoms with Crippen molar-refractivity contribution in [3.8, 4) is 0 Å². The van der Waals surface area contributed by atoms with Crippen LogP contribution in [0.25, 0.3) is 0 Å². The molecule has 2 aliphatic rings. The highest BCUT2D eigenvalue weighted by atomic mass is 16.2. The van der Waals surface area contributed by atoms with Gasteiger partial charge in [-0.15, -0.1) is 0 Å². The number of amides is 2. The number of urea groups is 1. The molecule has 0 aromatic carbocycles. The molecule has 4 nitrogen and oxygen atoms in total. The van der Waals surface area contributed by atoms with Crippen LogP contribution in [0.2, 0.25) is 0 Å². The maximum absolute atomic E-state index is 12.3. The topological polar surface area (TPSA) is 44.4 Å². The smallest absolute Gasteiger partial charge is 0.321 e. The van der Waals surface area contributed by atoms with Gasteiger partial charge in [-0.25, -0.2) is 4.79 Å². The first-order valence-electron chi connectivity index (χ1n) is 6.86. The highest BCUT2D eigenvalue weighted by molar-refractivity contribution is 5.78. The molecule has 0 radical (unpaired) electrons. The van der Waals surface area contributed by atoms with E-state index in [2.05, 4.69) is 16.7 Å². The van der Waals surface area contributed by atoms with Crippen molar-refractivity contribution in [2.45, 2.75) is 39.2 Å². The van der Waals surface area contributed by atoms with Crippen LogP contribution in [-0.2, 0) is 0 Å². The second kappa shape index (κ2) is 6.05. The molecule has 2 amide bonds. The van der Waals surface area contributed by atoms with E-state index >= 15 is 0 Å². The Bertz CT molecular complexity index is 367. The lowest BCUT2D eigenvalue weighted by atomic mass is 10.0. The van der Waals surface area contributed by atoms with Gasteiger partial charge >= 0.3 is 6.03 Å². The summed E-state index contributed by atoms with van der Waals surface area (Å²) in [5.41, 5.74) is 2.21. The Morgan fingerprint density at radius 2 is 1.94 bits per heavy atom. The van der Waals surface area contributed by atoms with E-state index in [9.17, 15) is 4.79 Å². The number of allylic oxidation sites excluding steroid dienone is 3. The molecule has 0 aromatic rings. The number of hydrogen-bond donors (Lipinski definition) is 2. The van der Waals surface area contributed by atoms with Crippen molar-refractivity contribution in [1.29, 1.82) is 0 Å². The normalized spacial score (nSPS) is 27.4. The lowest BCUT2D eigenvalue weighted by Crippen LogP contribution is -2.48. The molecule has 0 saturated carbocycles. The average Bonchev–Trinajstić information content (AvgIpc) is 2.58. The van der Waals surface area contributed by atoms with Crippen LogP contribution < -0.4 is 10.6 Å². The van der Waals surface area contributed by atoms with Crippen molar-refractivity contribution < 1.29 is 4.79 Å². The van der Waals surface area contributed by atoms with Crippen LogP contribution in [0.1, 0.15) is 33.1 Å². The highest BCUT2D eigenvalue weighted by Gasteiger charge is 2.28. The molecule has 2 rings (SSSR count). The van der Waals surface area contributed by atoms with Crippen LogP contribution in [0.15, 0.2) is 23.4 Å². The lowest BCUT2D eigenvalue weighted by molar-refractivity contribution is 0.165. The summed E-state index contributed by atoms with van der Waals surface area (Å²) in [6, 6.07) is 0.451. The number of nitrogens with zero attached hydrogens (tertiary/aromatic N) is 1.